The van der Waals surface area contributed by atoms with E-state index in [0.29, 0.717) is 29.8 Å². The van der Waals surface area contributed by atoms with Crippen molar-refractivity contribution in [2.24, 2.45) is 4.99 Å². The monoisotopic (exact) mass is 534 g/mol. The van der Waals surface area contributed by atoms with E-state index in [1.54, 1.807) is 44.5 Å². The molecule has 29 heavy (non-hydrogen) atoms. The summed E-state index contributed by atoms with van der Waals surface area (Å²) in [4.78, 5) is 9.00. The van der Waals surface area contributed by atoms with E-state index in [2.05, 4.69) is 25.7 Å². The second-order valence-electron chi connectivity index (χ2n) is 6.57. The summed E-state index contributed by atoms with van der Waals surface area (Å²) in [5, 5.41) is 10.9. The highest BCUT2D eigenvalue weighted by Gasteiger charge is 2.22. The molecule has 9 nitrogen and oxygen atoms in total. The lowest BCUT2D eigenvalue weighted by Crippen LogP contribution is -2.47. The van der Waals surface area contributed by atoms with Crippen LogP contribution < -0.4 is 10.6 Å². The number of hydrogen-bond donors (Lipinski definition) is 2. The van der Waals surface area contributed by atoms with Gasteiger partial charge in [0.25, 0.3) is 0 Å². The largest absolute Gasteiger partial charge is 0.377 e. The smallest absolute Gasteiger partial charge is 0.191 e. The Balaban J connectivity index is 0.00000300. The summed E-state index contributed by atoms with van der Waals surface area (Å²) in [6.07, 6.45) is 1.71. The standard InChI is InChI=1S/C18H26N6O3S.HI/c1-19-18(20-10-11-28(25,26)15-6-4-3-5-7-15)21-14-8-9-17-22-16(13-27-2)23-24(17)12-14;/h3-7,14H,8-13H2,1-2H3,(H2,19,20,21);1H. The van der Waals surface area contributed by atoms with Gasteiger partial charge in [0.05, 0.1) is 17.2 Å². The molecular weight excluding hydrogens is 507 g/mol. The van der Waals surface area contributed by atoms with Crippen LogP contribution in [0.25, 0.3) is 0 Å². The van der Waals surface area contributed by atoms with Crippen LogP contribution in [0.3, 0.4) is 0 Å². The predicted molar refractivity (Wildman–Crippen MR) is 121 cm³/mol. The van der Waals surface area contributed by atoms with Crippen LogP contribution in [-0.4, -0.2) is 61.6 Å². The van der Waals surface area contributed by atoms with Gasteiger partial charge >= 0.3 is 0 Å². The molecule has 1 aliphatic rings. The fourth-order valence-electron chi connectivity index (χ4n) is 3.11. The van der Waals surface area contributed by atoms with Gasteiger partial charge in [-0.2, -0.15) is 5.10 Å². The van der Waals surface area contributed by atoms with Crippen LogP contribution in [0.15, 0.2) is 40.2 Å². The molecule has 1 aromatic carbocycles. The van der Waals surface area contributed by atoms with Crippen LogP contribution in [0, 0.1) is 0 Å². The Labute approximate surface area is 188 Å². The summed E-state index contributed by atoms with van der Waals surface area (Å²) in [5.41, 5.74) is 0. The van der Waals surface area contributed by atoms with E-state index in [1.165, 1.54) is 0 Å². The zero-order valence-electron chi connectivity index (χ0n) is 16.5. The molecule has 0 saturated carbocycles. The van der Waals surface area contributed by atoms with Crippen LogP contribution in [0.1, 0.15) is 18.1 Å². The first-order chi connectivity index (χ1) is 13.5. The molecular formula is C18H27IN6O3S. The molecule has 0 saturated heterocycles. The van der Waals surface area contributed by atoms with Gasteiger partial charge in [-0.3, -0.25) is 4.99 Å². The molecule has 0 bridgehead atoms. The molecule has 11 heteroatoms. The summed E-state index contributed by atoms with van der Waals surface area (Å²) in [5.74, 6) is 2.22. The van der Waals surface area contributed by atoms with Crippen LogP contribution >= 0.6 is 24.0 Å². The Kier molecular flexibility index (Phi) is 8.83. The van der Waals surface area contributed by atoms with Crippen molar-refractivity contribution >= 4 is 39.8 Å². The Bertz CT molecular complexity index is 917. The lowest BCUT2D eigenvalue weighted by molar-refractivity contribution is 0.177. The maximum atomic E-state index is 12.4. The highest BCUT2D eigenvalue weighted by Crippen LogP contribution is 2.13. The van der Waals surface area contributed by atoms with Crippen LogP contribution in [0.2, 0.25) is 0 Å². The predicted octanol–water partition coefficient (Wildman–Crippen LogP) is 0.996. The SMILES string of the molecule is CN=C(NCCS(=O)(=O)c1ccccc1)NC1CCc2nc(COC)nn2C1.I. The number of fused-ring (bicyclic) bond motifs is 1. The lowest BCUT2D eigenvalue weighted by atomic mass is 10.1. The Morgan fingerprint density at radius 1 is 1.34 bits per heavy atom. The average Bonchev–Trinajstić information content (AvgIpc) is 3.09. The number of rotatable bonds is 7. The van der Waals surface area contributed by atoms with E-state index in [4.69, 9.17) is 4.74 Å². The van der Waals surface area contributed by atoms with Gasteiger partial charge < -0.3 is 15.4 Å². The third-order valence-electron chi connectivity index (χ3n) is 4.51. The molecule has 0 fully saturated rings. The number of nitrogens with one attached hydrogen (secondary N) is 2. The second-order valence-corrected chi connectivity index (χ2v) is 8.68. The quantitative estimate of drug-likeness (QED) is 0.310. The van der Waals surface area contributed by atoms with Crippen molar-refractivity contribution < 1.29 is 13.2 Å². The van der Waals surface area contributed by atoms with Gasteiger partial charge in [0.15, 0.2) is 21.6 Å². The Morgan fingerprint density at radius 2 is 2.10 bits per heavy atom. The topological polar surface area (TPSA) is 110 Å². The molecule has 1 aromatic heterocycles. The zero-order valence-corrected chi connectivity index (χ0v) is 19.7. The van der Waals surface area contributed by atoms with Crippen LogP contribution in [-0.2, 0) is 34.1 Å². The van der Waals surface area contributed by atoms with Crippen molar-refractivity contribution in [3.63, 3.8) is 0 Å². The molecule has 0 amide bonds. The molecule has 2 heterocycles. The Morgan fingerprint density at radius 3 is 2.79 bits per heavy atom. The maximum absolute atomic E-state index is 12.4. The first-order valence-corrected chi connectivity index (χ1v) is 10.8. The van der Waals surface area contributed by atoms with Crippen LogP contribution in [0.5, 0.6) is 0 Å². The molecule has 0 radical (unpaired) electrons. The average molecular weight is 534 g/mol. The number of halogens is 1. The molecule has 0 aliphatic carbocycles. The van der Waals surface area contributed by atoms with Gasteiger partial charge in [0.2, 0.25) is 0 Å². The van der Waals surface area contributed by atoms with E-state index in [0.717, 1.165) is 18.7 Å². The summed E-state index contributed by atoms with van der Waals surface area (Å²) >= 11 is 0. The fraction of sp³-hybridized carbons (Fsp3) is 0.500. The van der Waals surface area contributed by atoms with Crippen molar-refractivity contribution in [2.75, 3.05) is 26.5 Å². The molecule has 3 rings (SSSR count). The number of hydrogen-bond acceptors (Lipinski definition) is 6. The zero-order chi connectivity index (χ0) is 20.0. The summed E-state index contributed by atoms with van der Waals surface area (Å²) in [6, 6.07) is 8.60. The van der Waals surface area contributed by atoms with Gasteiger partial charge in [-0.15, -0.1) is 24.0 Å². The number of ether oxygens (including phenoxy) is 1. The normalized spacial score (nSPS) is 16.6. The number of aliphatic imine (C=N–C) groups is 1. The Hall–Kier alpha value is -1.73. The van der Waals surface area contributed by atoms with Gasteiger partial charge in [0.1, 0.15) is 12.4 Å². The summed E-state index contributed by atoms with van der Waals surface area (Å²) < 4.78 is 31.7. The van der Waals surface area contributed by atoms with Crippen molar-refractivity contribution in [1.29, 1.82) is 0 Å². The minimum Gasteiger partial charge on any atom is -0.377 e. The summed E-state index contributed by atoms with van der Waals surface area (Å²) in [7, 11) is -0.0283. The van der Waals surface area contributed by atoms with Crippen molar-refractivity contribution in [3.05, 3.63) is 42.0 Å². The van der Waals surface area contributed by atoms with E-state index in [1.807, 2.05) is 4.68 Å². The van der Waals surface area contributed by atoms with E-state index >= 15 is 0 Å². The summed E-state index contributed by atoms with van der Waals surface area (Å²) in [6.45, 7) is 1.35. The number of aryl methyl sites for hydroxylation is 1. The minimum atomic E-state index is -3.32. The van der Waals surface area contributed by atoms with E-state index < -0.39 is 9.84 Å². The molecule has 2 N–H and O–H groups in total. The molecule has 1 unspecified atom stereocenters. The highest BCUT2D eigenvalue weighted by molar-refractivity contribution is 14.0. The van der Waals surface area contributed by atoms with Gasteiger partial charge in [-0.05, 0) is 18.6 Å². The first kappa shape index (κ1) is 23.5. The number of guanidine groups is 1. The molecule has 2 aromatic rings. The molecule has 1 atom stereocenters. The van der Waals surface area contributed by atoms with Crippen molar-refractivity contribution in [1.82, 2.24) is 25.4 Å². The maximum Gasteiger partial charge on any atom is 0.191 e. The third kappa shape index (κ3) is 6.37. The number of methoxy groups -OCH3 is 1. The third-order valence-corrected chi connectivity index (χ3v) is 6.24. The molecule has 160 valence electrons. The molecule has 0 spiro atoms. The first-order valence-electron chi connectivity index (χ1n) is 9.18. The number of benzene rings is 1. The van der Waals surface area contributed by atoms with Crippen molar-refractivity contribution in [3.8, 4) is 0 Å². The highest BCUT2D eigenvalue weighted by atomic mass is 127. The van der Waals surface area contributed by atoms with Gasteiger partial charge in [-0.25, -0.2) is 18.1 Å². The lowest BCUT2D eigenvalue weighted by Gasteiger charge is -2.25. The fourth-order valence-corrected chi connectivity index (χ4v) is 4.28. The number of sulfone groups is 1. The van der Waals surface area contributed by atoms with E-state index in [9.17, 15) is 8.42 Å². The van der Waals surface area contributed by atoms with Crippen molar-refractivity contribution in [2.45, 2.75) is 36.9 Å². The van der Waals surface area contributed by atoms with Crippen LogP contribution in [0.4, 0.5) is 0 Å². The molecule has 1 aliphatic heterocycles. The second kappa shape index (κ2) is 10.9. The van der Waals surface area contributed by atoms with E-state index in [-0.39, 0.29) is 42.3 Å². The van der Waals surface area contributed by atoms with Gasteiger partial charge in [-0.1, -0.05) is 18.2 Å². The number of aromatic nitrogens is 3. The minimum absolute atomic E-state index is 0. The van der Waals surface area contributed by atoms with Gasteiger partial charge in [0, 0.05) is 33.2 Å². The number of nitrogens with zero attached hydrogens (tertiary/aromatic N) is 4.